The van der Waals surface area contributed by atoms with E-state index in [0.29, 0.717) is 10.7 Å². The molecule has 0 bridgehead atoms. The number of benzene rings is 1. The van der Waals surface area contributed by atoms with Crippen LogP contribution in [0.15, 0.2) is 29.4 Å². The number of rotatable bonds is 4. The zero-order chi connectivity index (χ0) is 14.7. The topological polar surface area (TPSA) is 42.9 Å². The minimum atomic E-state index is -0.404. The molecular weight excluding hydrogens is 275 g/mol. The van der Waals surface area contributed by atoms with Crippen molar-refractivity contribution in [2.75, 3.05) is 5.75 Å². The summed E-state index contributed by atoms with van der Waals surface area (Å²) in [5.41, 5.74) is 3.26. The summed E-state index contributed by atoms with van der Waals surface area (Å²) in [7, 11) is 0. The van der Waals surface area contributed by atoms with Gasteiger partial charge in [0, 0.05) is 17.0 Å². The Hall–Kier alpha value is -1.75. The second-order valence-corrected chi connectivity index (χ2v) is 5.47. The lowest BCUT2D eigenvalue weighted by atomic mass is 10.1. The second kappa shape index (κ2) is 6.13. The Balaban J connectivity index is 2.07. The van der Waals surface area contributed by atoms with E-state index < -0.39 is 5.82 Å². The number of halogens is 1. The number of carbonyl (C=O) groups is 1. The quantitative estimate of drug-likeness (QED) is 0.491. The third kappa shape index (κ3) is 3.42. The lowest BCUT2D eigenvalue weighted by molar-refractivity contribution is 0.102. The highest BCUT2D eigenvalue weighted by atomic mass is 32.2. The minimum absolute atomic E-state index is 0.131. The van der Waals surface area contributed by atoms with Crippen molar-refractivity contribution in [3.63, 3.8) is 0 Å². The zero-order valence-corrected chi connectivity index (χ0v) is 12.4. The molecule has 0 aliphatic rings. The van der Waals surface area contributed by atoms with Gasteiger partial charge in [0.1, 0.15) is 5.82 Å². The van der Waals surface area contributed by atoms with E-state index >= 15 is 0 Å². The van der Waals surface area contributed by atoms with Gasteiger partial charge in [-0.1, -0.05) is 23.9 Å². The van der Waals surface area contributed by atoms with Gasteiger partial charge >= 0.3 is 0 Å². The van der Waals surface area contributed by atoms with Crippen molar-refractivity contribution < 1.29 is 9.18 Å². The van der Waals surface area contributed by atoms with Crippen molar-refractivity contribution in [1.29, 1.82) is 0 Å². The molecule has 0 unspecified atom stereocenters. The molecule has 0 atom stereocenters. The Bertz CT molecular complexity index is 635. The van der Waals surface area contributed by atoms with E-state index in [4.69, 9.17) is 0 Å². The average molecular weight is 290 g/mol. The molecule has 1 aromatic carbocycles. The summed E-state index contributed by atoms with van der Waals surface area (Å²) in [4.78, 5) is 20.6. The molecule has 0 amide bonds. The second-order valence-electron chi connectivity index (χ2n) is 4.52. The average Bonchev–Trinajstić information content (AvgIpc) is 2.42. The lowest BCUT2D eigenvalue weighted by Crippen LogP contribution is -2.05. The van der Waals surface area contributed by atoms with E-state index in [2.05, 4.69) is 9.97 Å². The number of hydrogen-bond donors (Lipinski definition) is 0. The molecular formula is C15H15FN2OS. The first-order valence-corrected chi connectivity index (χ1v) is 7.19. The number of nitrogens with zero attached hydrogens (tertiary/aromatic N) is 2. The van der Waals surface area contributed by atoms with Crippen molar-refractivity contribution in [3.8, 4) is 0 Å². The molecule has 0 aliphatic heterocycles. The maximum atomic E-state index is 13.1. The van der Waals surface area contributed by atoms with E-state index in [0.717, 1.165) is 17.0 Å². The SMILES string of the molecule is Cc1nc(SCC(=O)c2cccc(F)c2)nc(C)c1C. The van der Waals surface area contributed by atoms with Crippen molar-refractivity contribution >= 4 is 17.5 Å². The molecule has 1 heterocycles. The number of aryl methyl sites for hydroxylation is 2. The monoisotopic (exact) mass is 290 g/mol. The maximum absolute atomic E-state index is 13.1. The fourth-order valence-electron chi connectivity index (χ4n) is 1.68. The lowest BCUT2D eigenvalue weighted by Gasteiger charge is -2.06. The molecule has 0 aliphatic carbocycles. The molecule has 0 N–H and O–H groups in total. The van der Waals surface area contributed by atoms with Crippen LogP contribution in [-0.4, -0.2) is 21.5 Å². The van der Waals surface area contributed by atoms with Crippen molar-refractivity contribution in [1.82, 2.24) is 9.97 Å². The molecule has 0 spiro atoms. The summed E-state index contributed by atoms with van der Waals surface area (Å²) in [5.74, 6) is -0.334. The molecule has 104 valence electrons. The maximum Gasteiger partial charge on any atom is 0.188 e. The van der Waals surface area contributed by atoms with E-state index in [1.165, 1.54) is 30.0 Å². The van der Waals surface area contributed by atoms with Crippen LogP contribution in [0.25, 0.3) is 0 Å². The number of ketones is 1. The minimum Gasteiger partial charge on any atom is -0.293 e. The smallest absolute Gasteiger partial charge is 0.188 e. The number of Topliss-reactive ketones (excluding diaryl/α,β-unsaturated/α-hetero) is 1. The third-order valence-corrected chi connectivity index (χ3v) is 3.94. The Morgan fingerprint density at radius 2 is 1.85 bits per heavy atom. The van der Waals surface area contributed by atoms with Gasteiger partial charge in [-0.25, -0.2) is 14.4 Å². The molecule has 0 saturated carbocycles. The van der Waals surface area contributed by atoms with Crippen LogP contribution in [0.4, 0.5) is 4.39 Å². The van der Waals surface area contributed by atoms with Gasteiger partial charge in [0.2, 0.25) is 0 Å². The molecule has 5 heteroatoms. The number of carbonyl (C=O) groups excluding carboxylic acids is 1. The first-order valence-electron chi connectivity index (χ1n) is 6.21. The summed E-state index contributed by atoms with van der Waals surface area (Å²) >= 11 is 1.27. The fourth-order valence-corrected chi connectivity index (χ4v) is 2.51. The van der Waals surface area contributed by atoms with Gasteiger partial charge in [0.15, 0.2) is 10.9 Å². The highest BCUT2D eigenvalue weighted by Gasteiger charge is 2.10. The van der Waals surface area contributed by atoms with Crippen LogP contribution in [0.2, 0.25) is 0 Å². The summed E-state index contributed by atoms with van der Waals surface area (Å²) in [6, 6.07) is 5.71. The molecule has 2 aromatic rings. The Labute approximate surface area is 121 Å². The summed E-state index contributed by atoms with van der Waals surface area (Å²) < 4.78 is 13.1. The molecule has 2 rings (SSSR count). The van der Waals surface area contributed by atoms with Crippen LogP contribution >= 0.6 is 11.8 Å². The van der Waals surface area contributed by atoms with Crippen LogP contribution in [0.5, 0.6) is 0 Å². The summed E-state index contributed by atoms with van der Waals surface area (Å²) in [5, 5.41) is 0.579. The van der Waals surface area contributed by atoms with Crippen LogP contribution < -0.4 is 0 Å². The third-order valence-electron chi connectivity index (χ3n) is 3.09. The van der Waals surface area contributed by atoms with E-state index in [1.54, 1.807) is 6.07 Å². The normalized spacial score (nSPS) is 10.6. The standard InChI is InChI=1S/C15H15FN2OS/c1-9-10(2)17-15(18-11(9)3)20-8-14(19)12-5-4-6-13(16)7-12/h4-7H,8H2,1-3H3. The van der Waals surface area contributed by atoms with Gasteiger partial charge in [-0.3, -0.25) is 4.79 Å². The molecule has 0 fully saturated rings. The van der Waals surface area contributed by atoms with E-state index in [1.807, 2.05) is 20.8 Å². The number of hydrogen-bond acceptors (Lipinski definition) is 4. The molecule has 0 saturated heterocycles. The van der Waals surface area contributed by atoms with Crippen molar-refractivity contribution in [2.45, 2.75) is 25.9 Å². The number of thioether (sulfide) groups is 1. The van der Waals surface area contributed by atoms with Gasteiger partial charge in [0.25, 0.3) is 0 Å². The molecule has 20 heavy (non-hydrogen) atoms. The van der Waals surface area contributed by atoms with E-state index in [9.17, 15) is 9.18 Å². The Morgan fingerprint density at radius 1 is 1.20 bits per heavy atom. The molecule has 3 nitrogen and oxygen atoms in total. The highest BCUT2D eigenvalue weighted by Crippen LogP contribution is 2.18. The van der Waals surface area contributed by atoms with Gasteiger partial charge in [-0.15, -0.1) is 0 Å². The summed E-state index contributed by atoms with van der Waals surface area (Å²) in [6.07, 6.45) is 0. The van der Waals surface area contributed by atoms with Crippen molar-refractivity contribution in [2.24, 2.45) is 0 Å². The van der Waals surface area contributed by atoms with Gasteiger partial charge < -0.3 is 0 Å². The van der Waals surface area contributed by atoms with Crippen LogP contribution in [0.3, 0.4) is 0 Å². The van der Waals surface area contributed by atoms with Gasteiger partial charge in [-0.05, 0) is 38.5 Å². The summed E-state index contributed by atoms with van der Waals surface area (Å²) in [6.45, 7) is 5.81. The van der Waals surface area contributed by atoms with Gasteiger partial charge in [0.05, 0.1) is 5.75 Å². The molecule has 1 aromatic heterocycles. The Kier molecular flexibility index (Phi) is 4.49. The number of aromatic nitrogens is 2. The molecule has 0 radical (unpaired) electrons. The van der Waals surface area contributed by atoms with Crippen LogP contribution in [-0.2, 0) is 0 Å². The largest absolute Gasteiger partial charge is 0.293 e. The van der Waals surface area contributed by atoms with Gasteiger partial charge in [-0.2, -0.15) is 0 Å². The van der Waals surface area contributed by atoms with Crippen LogP contribution in [0, 0.1) is 26.6 Å². The predicted octanol–water partition coefficient (Wildman–Crippen LogP) is 3.52. The zero-order valence-electron chi connectivity index (χ0n) is 11.6. The van der Waals surface area contributed by atoms with Crippen LogP contribution in [0.1, 0.15) is 27.3 Å². The fraction of sp³-hybridized carbons (Fsp3) is 0.267. The predicted molar refractivity (Wildman–Crippen MR) is 77.7 cm³/mol. The van der Waals surface area contributed by atoms with E-state index in [-0.39, 0.29) is 11.5 Å². The first kappa shape index (κ1) is 14.7. The van der Waals surface area contributed by atoms with Crippen molar-refractivity contribution in [3.05, 3.63) is 52.6 Å². The first-order chi connectivity index (χ1) is 9.47. The Morgan fingerprint density at radius 3 is 2.45 bits per heavy atom. The highest BCUT2D eigenvalue weighted by molar-refractivity contribution is 7.99.